The number of nitrogens with two attached hydrogens (primary N) is 1. The second kappa shape index (κ2) is 7.38. The number of rotatable bonds is 6. The number of carbonyl (C=O) groups excluding carboxylic acids is 2. The molecule has 0 aromatic carbocycles. The molecule has 0 radical (unpaired) electrons. The van der Waals surface area contributed by atoms with Crippen LogP contribution in [0.25, 0.3) is 0 Å². The molecule has 29 heavy (non-hydrogen) atoms. The molecule has 3 aliphatic rings. The van der Waals surface area contributed by atoms with Crippen molar-refractivity contribution in [2.24, 2.45) is 17.6 Å². The zero-order valence-electron chi connectivity index (χ0n) is 15.9. The summed E-state index contributed by atoms with van der Waals surface area (Å²) in [5.41, 5.74) is 5.56. The summed E-state index contributed by atoms with van der Waals surface area (Å²) >= 11 is 2.85. The second-order valence-corrected chi connectivity index (χ2v) is 9.88. The number of amides is 2. The first-order chi connectivity index (χ1) is 13.7. The van der Waals surface area contributed by atoms with Gasteiger partial charge < -0.3 is 26.2 Å². The van der Waals surface area contributed by atoms with Crippen LogP contribution >= 0.6 is 23.1 Å². The van der Waals surface area contributed by atoms with Gasteiger partial charge >= 0.3 is 5.97 Å². The molecule has 5 N–H and O–H groups in total. The molecule has 11 heteroatoms. The fourth-order valence-corrected chi connectivity index (χ4v) is 6.78. The number of aliphatic carboxylic acids is 1. The number of carboxylic acids is 1. The molecule has 2 fully saturated rings. The van der Waals surface area contributed by atoms with Gasteiger partial charge in [0.05, 0.1) is 24.1 Å². The van der Waals surface area contributed by atoms with Crippen molar-refractivity contribution in [2.45, 2.75) is 43.7 Å². The SMILES string of the molecule is C[C@@H](O)[C@H]1C(=O)N2C(C(=O)O)=C(SC3CNC(c4nc(C(N)=O)cs4)C3)[C@H](C)[C@H]12. The van der Waals surface area contributed by atoms with Crippen LogP contribution in [0.1, 0.15) is 41.8 Å². The third-order valence-electron chi connectivity index (χ3n) is 5.77. The third kappa shape index (κ3) is 3.25. The first-order valence-corrected chi connectivity index (χ1v) is 11.1. The number of carbonyl (C=O) groups is 3. The van der Waals surface area contributed by atoms with Crippen LogP contribution in [0.4, 0.5) is 0 Å². The minimum atomic E-state index is -1.12. The van der Waals surface area contributed by atoms with E-state index in [1.807, 2.05) is 6.92 Å². The van der Waals surface area contributed by atoms with E-state index < -0.39 is 23.9 Å². The standard InChI is InChI=1S/C18H22N4O5S2/c1-6-12-11(7(2)23)17(25)22(12)13(18(26)27)14(6)29-8-3-9(20-4-8)16-21-10(5-28-16)15(19)24/h5-9,11-12,20,23H,3-4H2,1-2H3,(H2,19,24)(H,26,27)/t6-,7-,8?,9?,11-,12-/m1/s1. The predicted octanol–water partition coefficient (Wildman–Crippen LogP) is 0.532. The van der Waals surface area contributed by atoms with Gasteiger partial charge in [0, 0.05) is 28.0 Å². The Morgan fingerprint density at radius 2 is 2.21 bits per heavy atom. The Labute approximate surface area is 175 Å². The van der Waals surface area contributed by atoms with Crippen molar-refractivity contribution in [2.75, 3.05) is 6.54 Å². The minimum Gasteiger partial charge on any atom is -0.477 e. The Hall–Kier alpha value is -1.95. The highest BCUT2D eigenvalue weighted by Crippen LogP contribution is 2.52. The number of hydrogen-bond acceptors (Lipinski definition) is 8. The molecule has 2 saturated heterocycles. The number of aliphatic hydroxyl groups excluding tert-OH is 1. The lowest BCUT2D eigenvalue weighted by Gasteiger charge is -2.46. The molecule has 4 heterocycles. The van der Waals surface area contributed by atoms with Crippen molar-refractivity contribution in [1.29, 1.82) is 0 Å². The number of hydrogen-bond donors (Lipinski definition) is 4. The van der Waals surface area contributed by atoms with Crippen molar-refractivity contribution in [3.05, 3.63) is 26.7 Å². The molecule has 1 aromatic heterocycles. The monoisotopic (exact) mass is 438 g/mol. The van der Waals surface area contributed by atoms with Gasteiger partial charge in [0.25, 0.3) is 5.91 Å². The molecule has 0 saturated carbocycles. The highest BCUT2D eigenvalue weighted by Gasteiger charge is 2.60. The number of β-lactam (4-membered cyclic amide) rings is 1. The highest BCUT2D eigenvalue weighted by molar-refractivity contribution is 8.03. The summed E-state index contributed by atoms with van der Waals surface area (Å²) in [5, 5.41) is 25.5. The second-order valence-electron chi connectivity index (χ2n) is 7.64. The van der Waals surface area contributed by atoms with Crippen molar-refractivity contribution >= 4 is 40.9 Å². The van der Waals surface area contributed by atoms with E-state index in [1.54, 1.807) is 12.3 Å². The van der Waals surface area contributed by atoms with E-state index in [9.17, 15) is 24.6 Å². The van der Waals surface area contributed by atoms with Gasteiger partial charge in [-0.05, 0) is 13.3 Å². The van der Waals surface area contributed by atoms with E-state index in [0.717, 1.165) is 11.4 Å². The molecular formula is C18H22N4O5S2. The first-order valence-electron chi connectivity index (χ1n) is 9.34. The lowest BCUT2D eigenvalue weighted by atomic mass is 9.79. The van der Waals surface area contributed by atoms with Crippen molar-refractivity contribution in [3.63, 3.8) is 0 Å². The topological polar surface area (TPSA) is 146 Å². The van der Waals surface area contributed by atoms with Gasteiger partial charge in [0.15, 0.2) is 0 Å². The number of primary amides is 1. The van der Waals surface area contributed by atoms with E-state index >= 15 is 0 Å². The van der Waals surface area contributed by atoms with Gasteiger partial charge in [-0.25, -0.2) is 9.78 Å². The molecule has 156 valence electrons. The largest absolute Gasteiger partial charge is 0.477 e. The first kappa shape index (κ1) is 20.3. The number of carboxylic acid groups (broad SMARTS) is 1. The Kier molecular flexibility index (Phi) is 5.18. The number of nitrogens with one attached hydrogen (secondary N) is 1. The molecule has 3 aliphatic heterocycles. The molecule has 2 unspecified atom stereocenters. The van der Waals surface area contributed by atoms with Crippen molar-refractivity contribution < 1.29 is 24.6 Å². The summed E-state index contributed by atoms with van der Waals surface area (Å²) in [4.78, 5) is 41.9. The molecule has 1 aromatic rings. The number of thiazole rings is 1. The van der Waals surface area contributed by atoms with E-state index in [1.165, 1.54) is 28.0 Å². The Bertz CT molecular complexity index is 914. The van der Waals surface area contributed by atoms with Crippen LogP contribution in [0.2, 0.25) is 0 Å². The summed E-state index contributed by atoms with van der Waals surface area (Å²) in [6, 6.07) is -0.335. The number of thioether (sulfide) groups is 1. The fraction of sp³-hybridized carbons (Fsp3) is 0.556. The Morgan fingerprint density at radius 3 is 2.79 bits per heavy atom. The average molecular weight is 439 g/mol. The summed E-state index contributed by atoms with van der Waals surface area (Å²) in [7, 11) is 0. The van der Waals surface area contributed by atoms with E-state index in [-0.39, 0.29) is 40.5 Å². The van der Waals surface area contributed by atoms with Crippen LogP contribution in [0.5, 0.6) is 0 Å². The maximum atomic E-state index is 12.4. The van der Waals surface area contributed by atoms with Crippen LogP contribution in [0.3, 0.4) is 0 Å². The van der Waals surface area contributed by atoms with Gasteiger partial charge in [-0.1, -0.05) is 6.92 Å². The van der Waals surface area contributed by atoms with Gasteiger partial charge in [-0.15, -0.1) is 23.1 Å². The number of aromatic nitrogens is 1. The predicted molar refractivity (Wildman–Crippen MR) is 107 cm³/mol. The molecule has 6 atom stereocenters. The van der Waals surface area contributed by atoms with Crippen LogP contribution in [0.15, 0.2) is 16.0 Å². The number of fused-ring (bicyclic) bond motifs is 1. The molecule has 2 amide bonds. The minimum absolute atomic E-state index is 0.0277. The van der Waals surface area contributed by atoms with Crippen LogP contribution in [-0.4, -0.2) is 61.8 Å². The normalized spacial score (nSPS) is 32.3. The van der Waals surface area contributed by atoms with E-state index in [0.29, 0.717) is 11.4 Å². The molecule has 0 bridgehead atoms. The highest BCUT2D eigenvalue weighted by atomic mass is 32.2. The van der Waals surface area contributed by atoms with Gasteiger partial charge in [-0.3, -0.25) is 9.59 Å². The zero-order valence-corrected chi connectivity index (χ0v) is 17.5. The quantitative estimate of drug-likeness (QED) is 0.471. The molecule has 4 rings (SSSR count). The van der Waals surface area contributed by atoms with E-state index in [4.69, 9.17) is 5.73 Å². The van der Waals surface area contributed by atoms with Gasteiger partial charge in [0.2, 0.25) is 5.91 Å². The summed E-state index contributed by atoms with van der Waals surface area (Å²) in [6.07, 6.45) is -0.0923. The lowest BCUT2D eigenvalue weighted by Crippen LogP contribution is -2.63. The van der Waals surface area contributed by atoms with Gasteiger partial charge in [-0.2, -0.15) is 0 Å². The molecule has 9 nitrogen and oxygen atoms in total. The van der Waals surface area contributed by atoms with Crippen molar-refractivity contribution in [3.8, 4) is 0 Å². The number of nitrogens with zero attached hydrogens (tertiary/aromatic N) is 2. The smallest absolute Gasteiger partial charge is 0.353 e. The average Bonchev–Trinajstić information content (AvgIpc) is 3.33. The molecular weight excluding hydrogens is 416 g/mol. The maximum Gasteiger partial charge on any atom is 0.353 e. The molecule has 0 spiro atoms. The maximum absolute atomic E-state index is 12.4. The molecule has 0 aliphatic carbocycles. The van der Waals surface area contributed by atoms with Crippen molar-refractivity contribution in [1.82, 2.24) is 15.2 Å². The summed E-state index contributed by atoms with van der Waals surface area (Å²) < 4.78 is 0. The zero-order chi connectivity index (χ0) is 21.0. The fourth-order valence-electron chi connectivity index (χ4n) is 4.40. The van der Waals surface area contributed by atoms with Gasteiger partial charge in [0.1, 0.15) is 16.4 Å². The van der Waals surface area contributed by atoms with E-state index in [2.05, 4.69) is 10.3 Å². The Balaban J connectivity index is 1.51. The summed E-state index contributed by atoms with van der Waals surface area (Å²) in [5.74, 6) is -2.71. The lowest BCUT2D eigenvalue weighted by molar-refractivity contribution is -0.163. The van der Waals surface area contributed by atoms with Crippen LogP contribution < -0.4 is 11.1 Å². The third-order valence-corrected chi connectivity index (χ3v) is 8.24. The number of aliphatic hydroxyl groups is 1. The Morgan fingerprint density at radius 1 is 1.48 bits per heavy atom. The van der Waals surface area contributed by atoms with Crippen LogP contribution in [-0.2, 0) is 9.59 Å². The summed E-state index contributed by atoms with van der Waals surface area (Å²) in [6.45, 7) is 4.14. The van der Waals surface area contributed by atoms with Crippen LogP contribution in [0, 0.1) is 11.8 Å².